The maximum absolute atomic E-state index is 10.8. The summed E-state index contributed by atoms with van der Waals surface area (Å²) in [5.74, 6) is 0. The van der Waals surface area contributed by atoms with E-state index in [0.29, 0.717) is 0 Å². The third kappa shape index (κ3) is 1.96. The van der Waals surface area contributed by atoms with Crippen LogP contribution >= 0.6 is 12.6 Å². The molecule has 0 aliphatic rings. The van der Waals surface area contributed by atoms with E-state index >= 15 is 0 Å². The van der Waals surface area contributed by atoms with Gasteiger partial charge in [0.1, 0.15) is 4.90 Å². The molecule has 0 saturated carbocycles. The highest BCUT2D eigenvalue weighted by molar-refractivity contribution is 7.87. The van der Waals surface area contributed by atoms with Crippen LogP contribution in [0.3, 0.4) is 0 Å². The summed E-state index contributed by atoms with van der Waals surface area (Å²) in [4.78, 5) is -0.179. The van der Waals surface area contributed by atoms with E-state index in [9.17, 15) is 8.42 Å². The summed E-state index contributed by atoms with van der Waals surface area (Å²) in [6, 6.07) is 2.78. The Bertz CT molecular complexity index is 439. The molecule has 0 fully saturated rings. The summed E-state index contributed by atoms with van der Waals surface area (Å²) in [6.07, 6.45) is 0. The van der Waals surface area contributed by atoms with Crippen LogP contribution in [0.1, 0.15) is 5.56 Å². The van der Waals surface area contributed by atoms with Crippen LogP contribution in [0.15, 0.2) is 21.9 Å². The van der Waals surface area contributed by atoms with Crippen LogP contribution < -0.4 is 5.73 Å². The Labute approximate surface area is 81.9 Å². The van der Waals surface area contributed by atoms with Crippen molar-refractivity contribution in [2.45, 2.75) is 16.7 Å². The van der Waals surface area contributed by atoms with E-state index in [-0.39, 0.29) is 15.5 Å². The number of anilines is 1. The average Bonchev–Trinajstić information content (AvgIpc) is 1.98. The first-order chi connectivity index (χ1) is 5.84. The summed E-state index contributed by atoms with van der Waals surface area (Å²) >= 11 is 3.91. The molecule has 72 valence electrons. The quantitative estimate of drug-likeness (QED) is 0.375. The van der Waals surface area contributed by atoms with Gasteiger partial charge in [0.15, 0.2) is 0 Å². The number of hydrogen-bond donors (Lipinski definition) is 3. The SMILES string of the molecule is Cc1ccc(S(=O)(=O)O)c(S)c1N. The van der Waals surface area contributed by atoms with Gasteiger partial charge < -0.3 is 5.73 Å². The first kappa shape index (κ1) is 10.4. The summed E-state index contributed by atoms with van der Waals surface area (Å²) in [5, 5.41) is 0. The van der Waals surface area contributed by atoms with Crippen molar-refractivity contribution in [3.05, 3.63) is 17.7 Å². The lowest BCUT2D eigenvalue weighted by Crippen LogP contribution is -2.02. The second kappa shape index (κ2) is 3.21. The average molecular weight is 219 g/mol. The van der Waals surface area contributed by atoms with Crippen molar-refractivity contribution in [2.75, 3.05) is 5.73 Å². The zero-order valence-corrected chi connectivity index (χ0v) is 8.56. The van der Waals surface area contributed by atoms with Crippen LogP contribution in [0.4, 0.5) is 5.69 Å². The minimum Gasteiger partial charge on any atom is -0.398 e. The molecular weight excluding hydrogens is 210 g/mol. The molecule has 6 heteroatoms. The number of benzene rings is 1. The number of thiol groups is 1. The van der Waals surface area contributed by atoms with Gasteiger partial charge in [0.25, 0.3) is 10.1 Å². The molecule has 0 amide bonds. The van der Waals surface area contributed by atoms with E-state index in [0.717, 1.165) is 5.56 Å². The lowest BCUT2D eigenvalue weighted by atomic mass is 10.2. The fourth-order valence-electron chi connectivity index (χ4n) is 0.897. The van der Waals surface area contributed by atoms with E-state index in [1.165, 1.54) is 12.1 Å². The van der Waals surface area contributed by atoms with Gasteiger partial charge in [-0.15, -0.1) is 12.6 Å². The van der Waals surface area contributed by atoms with Crippen LogP contribution in [-0.2, 0) is 10.1 Å². The number of nitrogen functional groups attached to an aromatic ring is 1. The molecule has 0 spiro atoms. The lowest BCUT2D eigenvalue weighted by Gasteiger charge is -2.06. The molecule has 4 nitrogen and oxygen atoms in total. The maximum Gasteiger partial charge on any atom is 0.295 e. The van der Waals surface area contributed by atoms with Crippen molar-refractivity contribution in [2.24, 2.45) is 0 Å². The standard InChI is InChI=1S/C7H9NO3S2/c1-4-2-3-5(13(9,10)11)7(12)6(4)8/h2-3,12H,8H2,1H3,(H,9,10,11). The van der Waals surface area contributed by atoms with Crippen molar-refractivity contribution in [1.82, 2.24) is 0 Å². The molecule has 0 atom stereocenters. The van der Waals surface area contributed by atoms with Gasteiger partial charge in [0, 0.05) is 10.6 Å². The van der Waals surface area contributed by atoms with Gasteiger partial charge in [0.2, 0.25) is 0 Å². The van der Waals surface area contributed by atoms with Crippen molar-refractivity contribution in [3.63, 3.8) is 0 Å². The normalized spacial score (nSPS) is 11.6. The van der Waals surface area contributed by atoms with Crippen molar-refractivity contribution in [3.8, 4) is 0 Å². The number of nitrogens with two attached hydrogens (primary N) is 1. The van der Waals surface area contributed by atoms with E-state index in [1.807, 2.05) is 0 Å². The van der Waals surface area contributed by atoms with E-state index in [2.05, 4.69) is 12.6 Å². The summed E-state index contributed by atoms with van der Waals surface area (Å²) in [7, 11) is -4.23. The minimum atomic E-state index is -4.23. The van der Waals surface area contributed by atoms with Gasteiger partial charge in [-0.3, -0.25) is 4.55 Å². The molecule has 0 aliphatic heterocycles. The van der Waals surface area contributed by atoms with Crippen molar-refractivity contribution < 1.29 is 13.0 Å². The third-order valence-corrected chi connectivity index (χ3v) is 3.21. The molecule has 1 aromatic carbocycles. The van der Waals surface area contributed by atoms with Crippen molar-refractivity contribution >= 4 is 28.4 Å². The number of aryl methyl sites for hydroxylation is 1. The molecule has 1 rings (SSSR count). The molecule has 0 saturated heterocycles. The van der Waals surface area contributed by atoms with Crippen molar-refractivity contribution in [1.29, 1.82) is 0 Å². The fraction of sp³-hybridized carbons (Fsp3) is 0.143. The van der Waals surface area contributed by atoms with E-state index in [4.69, 9.17) is 10.3 Å². The molecule has 1 aromatic rings. The minimum absolute atomic E-state index is 0.0856. The van der Waals surface area contributed by atoms with Gasteiger partial charge >= 0.3 is 0 Å². The summed E-state index contributed by atoms with van der Waals surface area (Å²) in [6.45, 7) is 1.73. The zero-order valence-electron chi connectivity index (χ0n) is 6.85. The summed E-state index contributed by atoms with van der Waals surface area (Å²) in [5.41, 5.74) is 6.51. The second-order valence-corrected chi connectivity index (χ2v) is 4.46. The van der Waals surface area contributed by atoms with Gasteiger partial charge in [-0.25, -0.2) is 0 Å². The maximum atomic E-state index is 10.8. The Balaban J connectivity index is 3.53. The molecule has 0 bridgehead atoms. The summed E-state index contributed by atoms with van der Waals surface area (Å²) < 4.78 is 30.3. The molecule has 0 heterocycles. The number of hydrogen-bond acceptors (Lipinski definition) is 4. The van der Waals surface area contributed by atoms with Crippen LogP contribution in [0.2, 0.25) is 0 Å². The molecule has 3 N–H and O–H groups in total. The Morgan fingerprint density at radius 1 is 1.46 bits per heavy atom. The molecule has 0 aliphatic carbocycles. The molecule has 0 aromatic heterocycles. The number of rotatable bonds is 1. The Hall–Kier alpha value is -0.720. The smallest absolute Gasteiger partial charge is 0.295 e. The predicted molar refractivity (Wildman–Crippen MR) is 52.7 cm³/mol. The Morgan fingerprint density at radius 3 is 2.46 bits per heavy atom. The van der Waals surface area contributed by atoms with Gasteiger partial charge in [-0.1, -0.05) is 6.07 Å². The largest absolute Gasteiger partial charge is 0.398 e. The lowest BCUT2D eigenvalue weighted by molar-refractivity contribution is 0.481. The highest BCUT2D eigenvalue weighted by Crippen LogP contribution is 2.27. The van der Waals surface area contributed by atoms with Crippen LogP contribution in [0, 0.1) is 6.92 Å². The highest BCUT2D eigenvalue weighted by atomic mass is 32.2. The zero-order chi connectivity index (χ0) is 10.2. The molecule has 0 radical (unpaired) electrons. The van der Waals surface area contributed by atoms with E-state index in [1.54, 1.807) is 6.92 Å². The Morgan fingerprint density at radius 2 is 2.00 bits per heavy atom. The van der Waals surface area contributed by atoms with Gasteiger partial charge in [-0.05, 0) is 18.6 Å². The molecule has 13 heavy (non-hydrogen) atoms. The van der Waals surface area contributed by atoms with Crippen LogP contribution in [0.25, 0.3) is 0 Å². The van der Waals surface area contributed by atoms with Crippen LogP contribution in [0.5, 0.6) is 0 Å². The van der Waals surface area contributed by atoms with Gasteiger partial charge in [0.05, 0.1) is 0 Å². The highest BCUT2D eigenvalue weighted by Gasteiger charge is 2.15. The van der Waals surface area contributed by atoms with Crippen LogP contribution in [-0.4, -0.2) is 13.0 Å². The van der Waals surface area contributed by atoms with E-state index < -0.39 is 10.1 Å². The first-order valence-corrected chi connectivity index (χ1v) is 5.28. The van der Waals surface area contributed by atoms with Gasteiger partial charge in [-0.2, -0.15) is 8.42 Å². The monoisotopic (exact) mass is 219 g/mol. The third-order valence-electron chi connectivity index (χ3n) is 1.68. The second-order valence-electron chi connectivity index (χ2n) is 2.62. The predicted octanol–water partition coefficient (Wildman–Crippen LogP) is 1.11. The fourth-order valence-corrected chi connectivity index (χ4v) is 2.09. The first-order valence-electron chi connectivity index (χ1n) is 3.39. The Kier molecular flexibility index (Phi) is 2.56. The topological polar surface area (TPSA) is 80.4 Å². The molecular formula is C7H9NO3S2. The molecule has 0 unspecified atom stereocenters.